The van der Waals surface area contributed by atoms with Gasteiger partial charge in [0.15, 0.2) is 0 Å². The highest BCUT2D eigenvalue weighted by Crippen LogP contribution is 2.09. The van der Waals surface area contributed by atoms with Crippen molar-refractivity contribution in [3.8, 4) is 0 Å². The molecular formula is C15H20O2S. The molecule has 0 aliphatic heterocycles. The molecule has 0 unspecified atom stereocenters. The maximum atomic E-state index is 11.3. The Labute approximate surface area is 113 Å². The number of rotatable bonds is 8. The van der Waals surface area contributed by atoms with Crippen molar-refractivity contribution in [2.45, 2.75) is 26.2 Å². The number of carbonyl (C=O) groups excluding carboxylic acids is 1. The maximum Gasteiger partial charge on any atom is 0.306 e. The Bertz CT molecular complexity index is 360. The number of ether oxygens (including phenoxy) is 1. The minimum Gasteiger partial charge on any atom is -0.466 e. The Morgan fingerprint density at radius 2 is 2.11 bits per heavy atom. The van der Waals surface area contributed by atoms with Crippen molar-refractivity contribution >= 4 is 23.8 Å². The van der Waals surface area contributed by atoms with E-state index in [0.717, 1.165) is 18.6 Å². The van der Waals surface area contributed by atoms with Gasteiger partial charge in [0.1, 0.15) is 0 Å². The van der Waals surface area contributed by atoms with Crippen molar-refractivity contribution in [1.82, 2.24) is 0 Å². The third-order valence-electron chi connectivity index (χ3n) is 2.34. The van der Waals surface area contributed by atoms with Crippen LogP contribution in [0.25, 0.3) is 6.08 Å². The van der Waals surface area contributed by atoms with Gasteiger partial charge >= 0.3 is 5.97 Å². The largest absolute Gasteiger partial charge is 0.466 e. The normalized spacial score (nSPS) is 10.7. The summed E-state index contributed by atoms with van der Waals surface area (Å²) < 4.78 is 5.07. The molecule has 0 saturated heterocycles. The van der Waals surface area contributed by atoms with Gasteiger partial charge in [0, 0.05) is 5.75 Å². The van der Waals surface area contributed by atoms with Crippen LogP contribution in [0.4, 0.5) is 0 Å². The highest BCUT2D eigenvalue weighted by molar-refractivity contribution is 8.02. The van der Waals surface area contributed by atoms with Gasteiger partial charge < -0.3 is 4.74 Å². The van der Waals surface area contributed by atoms with Crippen molar-refractivity contribution in [1.29, 1.82) is 0 Å². The van der Waals surface area contributed by atoms with Crippen LogP contribution in [0.3, 0.4) is 0 Å². The van der Waals surface area contributed by atoms with E-state index in [1.54, 1.807) is 11.8 Å². The van der Waals surface area contributed by atoms with Gasteiger partial charge in [0.2, 0.25) is 0 Å². The summed E-state index contributed by atoms with van der Waals surface area (Å²) in [7, 11) is 0. The van der Waals surface area contributed by atoms with E-state index in [0.29, 0.717) is 13.0 Å². The fourth-order valence-corrected chi connectivity index (χ4v) is 1.98. The molecule has 0 fully saturated rings. The van der Waals surface area contributed by atoms with E-state index >= 15 is 0 Å². The van der Waals surface area contributed by atoms with Crippen molar-refractivity contribution in [3.05, 3.63) is 41.3 Å². The van der Waals surface area contributed by atoms with E-state index in [1.165, 1.54) is 5.56 Å². The summed E-state index contributed by atoms with van der Waals surface area (Å²) in [5.74, 6) is 0.679. The second-order valence-corrected chi connectivity index (χ2v) is 4.92. The molecule has 0 heterocycles. The first-order valence-corrected chi connectivity index (χ1v) is 7.36. The molecule has 0 bridgehead atoms. The van der Waals surface area contributed by atoms with Crippen LogP contribution in [-0.2, 0) is 9.53 Å². The van der Waals surface area contributed by atoms with Crippen molar-refractivity contribution < 1.29 is 9.53 Å². The summed E-state index contributed by atoms with van der Waals surface area (Å²) in [5, 5.41) is 2.02. The molecule has 0 aliphatic carbocycles. The first kappa shape index (κ1) is 14.8. The van der Waals surface area contributed by atoms with E-state index in [-0.39, 0.29) is 5.97 Å². The van der Waals surface area contributed by atoms with Gasteiger partial charge in [-0.05, 0) is 23.5 Å². The SMILES string of the molecule is CCCCOC(=O)CCS/C=C/c1ccccc1. The van der Waals surface area contributed by atoms with Crippen LogP contribution < -0.4 is 0 Å². The smallest absolute Gasteiger partial charge is 0.306 e. The molecule has 0 aromatic heterocycles. The van der Waals surface area contributed by atoms with E-state index in [2.05, 4.69) is 19.1 Å². The van der Waals surface area contributed by atoms with Gasteiger partial charge in [0.25, 0.3) is 0 Å². The van der Waals surface area contributed by atoms with E-state index < -0.39 is 0 Å². The molecule has 3 heteroatoms. The zero-order valence-electron chi connectivity index (χ0n) is 10.8. The highest BCUT2D eigenvalue weighted by Gasteiger charge is 2.00. The lowest BCUT2D eigenvalue weighted by atomic mass is 10.2. The van der Waals surface area contributed by atoms with E-state index in [4.69, 9.17) is 4.74 Å². The summed E-state index contributed by atoms with van der Waals surface area (Å²) in [5.41, 5.74) is 1.18. The minimum atomic E-state index is -0.0935. The van der Waals surface area contributed by atoms with Crippen LogP contribution in [0.1, 0.15) is 31.7 Å². The third kappa shape index (κ3) is 7.17. The van der Waals surface area contributed by atoms with Gasteiger partial charge in [-0.2, -0.15) is 0 Å². The number of hydrogen-bond donors (Lipinski definition) is 0. The maximum absolute atomic E-state index is 11.3. The third-order valence-corrected chi connectivity index (χ3v) is 3.11. The van der Waals surface area contributed by atoms with Crippen LogP contribution in [0.5, 0.6) is 0 Å². The molecule has 0 spiro atoms. The number of esters is 1. The minimum absolute atomic E-state index is 0.0935. The lowest BCUT2D eigenvalue weighted by Gasteiger charge is -2.02. The standard InChI is InChI=1S/C15H20O2S/c1-2-3-11-17-15(16)10-13-18-12-9-14-7-5-4-6-8-14/h4-9,12H,2-3,10-11,13H2,1H3/b12-9+. The molecule has 0 atom stereocenters. The van der Waals surface area contributed by atoms with Crippen LogP contribution in [0.2, 0.25) is 0 Å². The number of carbonyl (C=O) groups is 1. The van der Waals surface area contributed by atoms with Crippen LogP contribution in [0.15, 0.2) is 35.7 Å². The van der Waals surface area contributed by atoms with Crippen molar-refractivity contribution in [2.75, 3.05) is 12.4 Å². The average Bonchev–Trinajstić information content (AvgIpc) is 2.40. The van der Waals surface area contributed by atoms with E-state index in [1.807, 2.05) is 29.7 Å². The molecule has 0 N–H and O–H groups in total. The first-order chi connectivity index (χ1) is 8.83. The Morgan fingerprint density at radius 1 is 1.33 bits per heavy atom. The molecule has 0 saturated carbocycles. The summed E-state index contributed by atoms with van der Waals surface area (Å²) in [4.78, 5) is 11.3. The predicted molar refractivity (Wildman–Crippen MR) is 78.4 cm³/mol. The summed E-state index contributed by atoms with van der Waals surface area (Å²) in [6.07, 6.45) is 4.54. The first-order valence-electron chi connectivity index (χ1n) is 6.31. The Kier molecular flexibility index (Phi) is 8.06. The fraction of sp³-hybridized carbons (Fsp3) is 0.400. The molecule has 1 aromatic rings. The summed E-state index contributed by atoms with van der Waals surface area (Å²) >= 11 is 1.63. The monoisotopic (exact) mass is 264 g/mol. The lowest BCUT2D eigenvalue weighted by Crippen LogP contribution is -2.06. The number of benzene rings is 1. The Morgan fingerprint density at radius 3 is 2.83 bits per heavy atom. The molecule has 0 amide bonds. The Hall–Kier alpha value is -1.22. The van der Waals surface area contributed by atoms with Crippen LogP contribution >= 0.6 is 11.8 Å². The molecule has 18 heavy (non-hydrogen) atoms. The number of unbranched alkanes of at least 4 members (excludes halogenated alkanes) is 1. The number of hydrogen-bond acceptors (Lipinski definition) is 3. The zero-order chi connectivity index (χ0) is 13.1. The highest BCUT2D eigenvalue weighted by atomic mass is 32.2. The van der Waals surface area contributed by atoms with Crippen molar-refractivity contribution in [2.24, 2.45) is 0 Å². The summed E-state index contributed by atoms with van der Waals surface area (Å²) in [6, 6.07) is 10.1. The Balaban J connectivity index is 2.08. The van der Waals surface area contributed by atoms with Crippen LogP contribution in [-0.4, -0.2) is 18.3 Å². The van der Waals surface area contributed by atoms with E-state index in [9.17, 15) is 4.79 Å². The van der Waals surface area contributed by atoms with Gasteiger partial charge in [-0.25, -0.2) is 0 Å². The molecule has 0 radical (unpaired) electrons. The van der Waals surface area contributed by atoms with Gasteiger partial charge in [-0.3, -0.25) is 4.79 Å². The topological polar surface area (TPSA) is 26.3 Å². The molecule has 98 valence electrons. The summed E-state index contributed by atoms with van der Waals surface area (Å²) in [6.45, 7) is 2.64. The average molecular weight is 264 g/mol. The molecular weight excluding hydrogens is 244 g/mol. The predicted octanol–water partition coefficient (Wildman–Crippen LogP) is 4.12. The quantitative estimate of drug-likeness (QED) is 0.522. The molecule has 0 aliphatic rings. The van der Waals surface area contributed by atoms with Gasteiger partial charge in [-0.15, -0.1) is 11.8 Å². The molecule has 1 aromatic carbocycles. The van der Waals surface area contributed by atoms with Gasteiger partial charge in [-0.1, -0.05) is 43.7 Å². The fourth-order valence-electron chi connectivity index (χ4n) is 1.30. The zero-order valence-corrected chi connectivity index (χ0v) is 11.6. The molecule has 1 rings (SSSR count). The van der Waals surface area contributed by atoms with Crippen LogP contribution in [0, 0.1) is 0 Å². The lowest BCUT2D eigenvalue weighted by molar-refractivity contribution is -0.143. The molecule has 2 nitrogen and oxygen atoms in total. The van der Waals surface area contributed by atoms with Gasteiger partial charge in [0.05, 0.1) is 13.0 Å². The second-order valence-electron chi connectivity index (χ2n) is 3.91. The number of thioether (sulfide) groups is 1. The van der Waals surface area contributed by atoms with Crippen molar-refractivity contribution in [3.63, 3.8) is 0 Å². The second kappa shape index (κ2) is 9.77.